The minimum atomic E-state index is 0.104. The Bertz CT molecular complexity index is 331. The highest BCUT2D eigenvalue weighted by Crippen LogP contribution is 2.26. The van der Waals surface area contributed by atoms with Crippen LogP contribution in [0.2, 0.25) is 0 Å². The normalized spacial score (nSPS) is 16.4. The Hall–Kier alpha value is -1.39. The quantitative estimate of drug-likeness (QED) is 0.774. The standard InChI is InChI=1S/C9H13N3O2/c1-6-11-12-8(14-6)5-10-9(13)7-3-2-4-7/h7H,2-5H2,1H3,(H,10,13). The summed E-state index contributed by atoms with van der Waals surface area (Å²) in [4.78, 5) is 11.4. The summed E-state index contributed by atoms with van der Waals surface area (Å²) in [6.45, 7) is 2.07. The number of carbonyl (C=O) groups excluding carboxylic acids is 1. The van der Waals surface area contributed by atoms with Gasteiger partial charge in [-0.25, -0.2) is 0 Å². The van der Waals surface area contributed by atoms with Crippen LogP contribution < -0.4 is 5.32 Å². The fourth-order valence-electron chi connectivity index (χ4n) is 1.39. The zero-order valence-corrected chi connectivity index (χ0v) is 8.12. The monoisotopic (exact) mass is 195 g/mol. The molecule has 0 atom stereocenters. The Kier molecular flexibility index (Phi) is 2.47. The van der Waals surface area contributed by atoms with Gasteiger partial charge in [0.2, 0.25) is 17.7 Å². The SMILES string of the molecule is Cc1nnc(CNC(=O)C2CCC2)o1. The van der Waals surface area contributed by atoms with Crippen LogP contribution in [0.25, 0.3) is 0 Å². The average Bonchev–Trinajstić information content (AvgIpc) is 2.45. The third-order valence-corrected chi connectivity index (χ3v) is 2.46. The van der Waals surface area contributed by atoms with Crippen molar-refractivity contribution in [2.45, 2.75) is 32.7 Å². The van der Waals surface area contributed by atoms with Crippen LogP contribution in [0, 0.1) is 12.8 Å². The van der Waals surface area contributed by atoms with Crippen LogP contribution in [-0.2, 0) is 11.3 Å². The van der Waals surface area contributed by atoms with Crippen molar-refractivity contribution in [1.82, 2.24) is 15.5 Å². The third kappa shape index (κ3) is 1.92. The zero-order valence-electron chi connectivity index (χ0n) is 8.12. The van der Waals surface area contributed by atoms with E-state index in [1.165, 1.54) is 0 Å². The van der Waals surface area contributed by atoms with Gasteiger partial charge in [0.1, 0.15) is 0 Å². The highest BCUT2D eigenvalue weighted by molar-refractivity contribution is 5.79. The number of rotatable bonds is 3. The molecule has 1 aliphatic carbocycles. The van der Waals surface area contributed by atoms with E-state index in [1.54, 1.807) is 6.92 Å². The van der Waals surface area contributed by atoms with Gasteiger partial charge in [0.15, 0.2) is 0 Å². The lowest BCUT2D eigenvalue weighted by Gasteiger charge is -2.23. The first kappa shape index (κ1) is 9.18. The first-order valence-electron chi connectivity index (χ1n) is 4.82. The lowest BCUT2D eigenvalue weighted by molar-refractivity contribution is -0.127. The van der Waals surface area contributed by atoms with Gasteiger partial charge in [0.25, 0.3) is 0 Å². The van der Waals surface area contributed by atoms with Gasteiger partial charge < -0.3 is 9.73 Å². The summed E-state index contributed by atoms with van der Waals surface area (Å²) in [6.07, 6.45) is 3.18. The first-order chi connectivity index (χ1) is 6.75. The second-order valence-electron chi connectivity index (χ2n) is 3.56. The van der Waals surface area contributed by atoms with Gasteiger partial charge in [-0.3, -0.25) is 4.79 Å². The molecule has 0 bridgehead atoms. The van der Waals surface area contributed by atoms with Gasteiger partial charge in [0.05, 0.1) is 6.54 Å². The predicted octanol–water partition coefficient (Wildman–Crippen LogP) is 0.794. The molecule has 0 aliphatic heterocycles. The van der Waals surface area contributed by atoms with Gasteiger partial charge in [-0.05, 0) is 12.8 Å². The van der Waals surface area contributed by atoms with E-state index in [1.807, 2.05) is 0 Å². The minimum absolute atomic E-state index is 0.104. The summed E-state index contributed by atoms with van der Waals surface area (Å²) in [5.74, 6) is 1.30. The number of carbonyl (C=O) groups is 1. The molecule has 5 heteroatoms. The molecule has 1 heterocycles. The number of nitrogens with zero attached hydrogens (tertiary/aromatic N) is 2. The number of hydrogen-bond acceptors (Lipinski definition) is 4. The van der Waals surface area contributed by atoms with Crippen molar-refractivity contribution in [2.24, 2.45) is 5.92 Å². The molecular formula is C9H13N3O2. The van der Waals surface area contributed by atoms with Crippen molar-refractivity contribution < 1.29 is 9.21 Å². The van der Waals surface area contributed by atoms with Gasteiger partial charge in [-0.2, -0.15) is 0 Å². The fourth-order valence-corrected chi connectivity index (χ4v) is 1.39. The third-order valence-electron chi connectivity index (χ3n) is 2.46. The van der Waals surface area contributed by atoms with Gasteiger partial charge in [-0.15, -0.1) is 10.2 Å². The Labute approximate surface area is 81.9 Å². The number of hydrogen-bond donors (Lipinski definition) is 1. The summed E-state index contributed by atoms with van der Waals surface area (Å²) >= 11 is 0. The Morgan fingerprint density at radius 1 is 1.57 bits per heavy atom. The van der Waals surface area contributed by atoms with Crippen LogP contribution in [-0.4, -0.2) is 16.1 Å². The summed E-state index contributed by atoms with van der Waals surface area (Å²) in [5.41, 5.74) is 0. The molecule has 1 saturated carbocycles. The maximum Gasteiger partial charge on any atom is 0.235 e. The second kappa shape index (κ2) is 3.77. The number of aryl methyl sites for hydroxylation is 1. The van der Waals surface area contributed by atoms with Crippen molar-refractivity contribution in [3.8, 4) is 0 Å². The molecule has 0 unspecified atom stereocenters. The lowest BCUT2D eigenvalue weighted by atomic mass is 9.85. The zero-order chi connectivity index (χ0) is 9.97. The molecule has 0 spiro atoms. The van der Waals surface area contributed by atoms with Crippen LogP contribution in [0.4, 0.5) is 0 Å². The van der Waals surface area contributed by atoms with Crippen LogP contribution >= 0.6 is 0 Å². The van der Waals surface area contributed by atoms with Crippen LogP contribution in [0.3, 0.4) is 0 Å². The van der Waals surface area contributed by atoms with Crippen molar-refractivity contribution >= 4 is 5.91 Å². The molecule has 76 valence electrons. The van der Waals surface area contributed by atoms with Crippen molar-refractivity contribution in [2.75, 3.05) is 0 Å². The number of amides is 1. The van der Waals surface area contributed by atoms with Gasteiger partial charge in [0, 0.05) is 12.8 Å². The minimum Gasteiger partial charge on any atom is -0.424 e. The highest BCUT2D eigenvalue weighted by atomic mass is 16.4. The fraction of sp³-hybridized carbons (Fsp3) is 0.667. The maximum atomic E-state index is 11.4. The molecule has 0 radical (unpaired) electrons. The molecule has 1 aromatic rings. The molecule has 5 nitrogen and oxygen atoms in total. The highest BCUT2D eigenvalue weighted by Gasteiger charge is 2.24. The summed E-state index contributed by atoms with van der Waals surface area (Å²) in [7, 11) is 0. The molecule has 0 saturated heterocycles. The Morgan fingerprint density at radius 3 is 2.86 bits per heavy atom. The molecule has 1 fully saturated rings. The second-order valence-corrected chi connectivity index (χ2v) is 3.56. The smallest absolute Gasteiger partial charge is 0.235 e. The van der Waals surface area contributed by atoms with E-state index in [0.29, 0.717) is 18.3 Å². The van der Waals surface area contributed by atoms with Crippen molar-refractivity contribution in [3.63, 3.8) is 0 Å². The van der Waals surface area contributed by atoms with Crippen LogP contribution in [0.1, 0.15) is 31.0 Å². The summed E-state index contributed by atoms with van der Waals surface area (Å²) in [5, 5.41) is 10.2. The van der Waals surface area contributed by atoms with E-state index >= 15 is 0 Å². The lowest BCUT2D eigenvalue weighted by Crippen LogP contribution is -2.34. The van der Waals surface area contributed by atoms with E-state index in [0.717, 1.165) is 19.3 Å². The topological polar surface area (TPSA) is 68.0 Å². The predicted molar refractivity (Wildman–Crippen MR) is 48.2 cm³/mol. The van der Waals surface area contributed by atoms with E-state index in [2.05, 4.69) is 15.5 Å². The van der Waals surface area contributed by atoms with Crippen molar-refractivity contribution in [3.05, 3.63) is 11.8 Å². The van der Waals surface area contributed by atoms with Crippen molar-refractivity contribution in [1.29, 1.82) is 0 Å². The molecule has 14 heavy (non-hydrogen) atoms. The average molecular weight is 195 g/mol. The maximum absolute atomic E-state index is 11.4. The van der Waals surface area contributed by atoms with Gasteiger partial charge >= 0.3 is 0 Å². The first-order valence-corrected chi connectivity index (χ1v) is 4.82. The van der Waals surface area contributed by atoms with E-state index in [4.69, 9.17) is 4.42 Å². The largest absolute Gasteiger partial charge is 0.424 e. The molecular weight excluding hydrogens is 182 g/mol. The Morgan fingerprint density at radius 2 is 2.36 bits per heavy atom. The number of aromatic nitrogens is 2. The van der Waals surface area contributed by atoms with E-state index in [9.17, 15) is 4.79 Å². The van der Waals surface area contributed by atoms with E-state index < -0.39 is 0 Å². The molecule has 1 aromatic heterocycles. The summed E-state index contributed by atoms with van der Waals surface area (Å²) in [6, 6.07) is 0. The van der Waals surface area contributed by atoms with Gasteiger partial charge in [-0.1, -0.05) is 6.42 Å². The number of nitrogens with one attached hydrogen (secondary N) is 1. The molecule has 1 aliphatic rings. The molecule has 2 rings (SSSR count). The summed E-state index contributed by atoms with van der Waals surface area (Å²) < 4.78 is 5.13. The van der Waals surface area contributed by atoms with Crippen LogP contribution in [0.15, 0.2) is 4.42 Å². The molecule has 1 amide bonds. The molecule has 0 aromatic carbocycles. The Balaban J connectivity index is 1.79. The van der Waals surface area contributed by atoms with Crippen LogP contribution in [0.5, 0.6) is 0 Å². The molecule has 1 N–H and O–H groups in total. The van der Waals surface area contributed by atoms with E-state index in [-0.39, 0.29) is 11.8 Å².